The summed E-state index contributed by atoms with van der Waals surface area (Å²) in [5.41, 5.74) is 1.56. The largest absolute Gasteiger partial charge is 0.497 e. The van der Waals surface area contributed by atoms with E-state index in [2.05, 4.69) is 37.5 Å². The standard InChI is InChI=1S/C45H53N3O8Si/c1-31-42(57(4,5)36-22-20-35(54-2)21-23-36)39(29-40(50)47(26-27-49)30-32-14-8-6-9-15-32)56-45(31)37-28-34(46-43(52)33-16-10-7-11-17-33)19-24-38(37)48(44(45)53)25-13-12-18-41(51)55-3/h6-11,14-17,19-24,28,31,39,42,49H,12-13,18,25-27,29-30H2,1-5H3,(H,46,52)/t31-,39+,42-,45+/m1/s1. The molecule has 2 heterocycles. The van der Waals surface area contributed by atoms with Crippen LogP contribution in [0.2, 0.25) is 18.6 Å². The number of nitrogens with one attached hydrogen (secondary N) is 1. The number of unbranched alkanes of at least 4 members (excludes halogenated alkanes) is 1. The van der Waals surface area contributed by atoms with E-state index in [0.29, 0.717) is 48.4 Å². The van der Waals surface area contributed by atoms with E-state index in [1.807, 2.05) is 60.7 Å². The topological polar surface area (TPSA) is 135 Å². The zero-order valence-corrected chi connectivity index (χ0v) is 34.4. The molecular formula is C45H53N3O8Si. The summed E-state index contributed by atoms with van der Waals surface area (Å²) in [7, 11) is 0.395. The minimum absolute atomic E-state index is 0.00233. The second-order valence-corrected chi connectivity index (χ2v) is 20.1. The van der Waals surface area contributed by atoms with Gasteiger partial charge in [0.15, 0.2) is 5.60 Å². The number of aliphatic hydroxyl groups is 1. The number of hydrogen-bond acceptors (Lipinski definition) is 8. The van der Waals surface area contributed by atoms with E-state index in [4.69, 9.17) is 14.2 Å². The molecule has 1 spiro atoms. The third-order valence-corrected chi connectivity index (χ3v) is 16.0. The van der Waals surface area contributed by atoms with Crippen molar-refractivity contribution in [1.82, 2.24) is 4.90 Å². The highest BCUT2D eigenvalue weighted by Gasteiger charge is 2.66. The number of aliphatic hydroxyl groups excluding tert-OH is 1. The van der Waals surface area contributed by atoms with Crippen LogP contribution >= 0.6 is 0 Å². The van der Waals surface area contributed by atoms with Crippen LogP contribution in [0.4, 0.5) is 11.4 Å². The second kappa shape index (κ2) is 17.9. The Morgan fingerprint density at radius 2 is 1.61 bits per heavy atom. The van der Waals surface area contributed by atoms with Crippen molar-refractivity contribution in [2.24, 2.45) is 5.92 Å². The number of carbonyl (C=O) groups is 4. The van der Waals surface area contributed by atoms with Gasteiger partial charge in [0, 0.05) is 48.8 Å². The summed E-state index contributed by atoms with van der Waals surface area (Å²) < 4.78 is 17.6. The number of hydrogen-bond donors (Lipinski definition) is 2. The van der Waals surface area contributed by atoms with E-state index in [0.717, 1.165) is 16.5 Å². The summed E-state index contributed by atoms with van der Waals surface area (Å²) in [5, 5.41) is 14.2. The van der Waals surface area contributed by atoms with Gasteiger partial charge in [-0.25, -0.2) is 0 Å². The number of carbonyl (C=O) groups excluding carboxylic acids is 4. The van der Waals surface area contributed by atoms with E-state index >= 15 is 4.79 Å². The van der Waals surface area contributed by atoms with E-state index in [-0.39, 0.29) is 55.2 Å². The van der Waals surface area contributed by atoms with Crippen molar-refractivity contribution in [1.29, 1.82) is 0 Å². The molecule has 4 aromatic carbocycles. The SMILES string of the molecule is COC(=O)CCCCN1C(=O)[C@@]2(O[C@@H](CC(=O)N(CCO)Cc3ccccc3)[C@H]([Si](C)(C)c3ccc(OC)cc3)[C@H]2C)c2cc(NC(=O)c3ccccc3)ccc21. The van der Waals surface area contributed by atoms with Crippen LogP contribution in [0.15, 0.2) is 103 Å². The number of ether oxygens (including phenoxy) is 3. The summed E-state index contributed by atoms with van der Waals surface area (Å²) in [6, 6.07) is 32.1. The maximum absolute atomic E-state index is 15.2. The molecule has 2 aliphatic heterocycles. The van der Waals surface area contributed by atoms with E-state index in [9.17, 15) is 19.5 Å². The van der Waals surface area contributed by atoms with Crippen molar-refractivity contribution in [2.45, 2.75) is 69.5 Å². The third-order valence-electron chi connectivity index (χ3n) is 11.7. The maximum atomic E-state index is 15.2. The molecule has 4 atom stereocenters. The summed E-state index contributed by atoms with van der Waals surface area (Å²) in [4.78, 5) is 58.3. The fraction of sp³-hybridized carbons (Fsp3) is 0.378. The van der Waals surface area contributed by atoms with E-state index in [1.165, 1.54) is 7.11 Å². The Morgan fingerprint density at radius 3 is 2.26 bits per heavy atom. The fourth-order valence-electron chi connectivity index (χ4n) is 8.77. The van der Waals surface area contributed by atoms with Gasteiger partial charge in [0.1, 0.15) is 5.75 Å². The van der Waals surface area contributed by atoms with Gasteiger partial charge < -0.3 is 34.4 Å². The van der Waals surface area contributed by atoms with Crippen LogP contribution in [0.5, 0.6) is 5.75 Å². The Labute approximate surface area is 335 Å². The van der Waals surface area contributed by atoms with Crippen LogP contribution in [-0.2, 0) is 36.0 Å². The molecule has 0 radical (unpaired) electrons. The van der Waals surface area contributed by atoms with Crippen LogP contribution in [0, 0.1) is 5.92 Å². The Kier molecular flexibility index (Phi) is 13.0. The molecule has 2 aliphatic rings. The quantitative estimate of drug-likeness (QED) is 0.0772. The Balaban J connectivity index is 1.42. The summed E-state index contributed by atoms with van der Waals surface area (Å²) >= 11 is 0. The number of nitrogens with zero attached hydrogens (tertiary/aromatic N) is 2. The maximum Gasteiger partial charge on any atom is 0.305 e. The Bertz CT molecular complexity index is 2040. The summed E-state index contributed by atoms with van der Waals surface area (Å²) in [5.74, 6) is -0.672. The molecule has 0 aliphatic carbocycles. The fourth-order valence-corrected chi connectivity index (χ4v) is 12.8. The monoisotopic (exact) mass is 791 g/mol. The third kappa shape index (κ3) is 8.53. The number of amides is 3. The van der Waals surface area contributed by atoms with Gasteiger partial charge >= 0.3 is 5.97 Å². The highest BCUT2D eigenvalue weighted by molar-refractivity contribution is 6.91. The molecule has 57 heavy (non-hydrogen) atoms. The van der Waals surface area contributed by atoms with Crippen LogP contribution in [0.25, 0.3) is 0 Å². The van der Waals surface area contributed by atoms with E-state index < -0.39 is 25.7 Å². The van der Waals surface area contributed by atoms with Gasteiger partial charge in [-0.05, 0) is 66.4 Å². The number of fused-ring (bicyclic) bond motifs is 2. The Hall–Kier alpha value is -5.30. The molecule has 300 valence electrons. The first-order valence-electron chi connectivity index (χ1n) is 19.6. The lowest BCUT2D eigenvalue weighted by Crippen LogP contribution is -2.52. The zero-order valence-electron chi connectivity index (χ0n) is 33.4. The van der Waals surface area contributed by atoms with Crippen LogP contribution in [-0.4, -0.2) is 81.8 Å². The lowest BCUT2D eigenvalue weighted by atomic mass is 9.82. The molecule has 2 N–H and O–H groups in total. The highest BCUT2D eigenvalue weighted by Crippen LogP contribution is 2.60. The van der Waals surface area contributed by atoms with Crippen LogP contribution < -0.4 is 20.1 Å². The zero-order chi connectivity index (χ0) is 40.7. The van der Waals surface area contributed by atoms with Crippen molar-refractivity contribution >= 4 is 48.3 Å². The minimum Gasteiger partial charge on any atom is -0.497 e. The first kappa shape index (κ1) is 41.3. The normalized spacial score (nSPS) is 20.0. The molecule has 3 amide bonds. The molecule has 6 rings (SSSR count). The van der Waals surface area contributed by atoms with Crippen molar-refractivity contribution in [3.63, 3.8) is 0 Å². The van der Waals surface area contributed by atoms with Crippen LogP contribution in [0.1, 0.15) is 54.1 Å². The van der Waals surface area contributed by atoms with Crippen molar-refractivity contribution < 1.29 is 38.5 Å². The molecular weight excluding hydrogens is 739 g/mol. The number of benzene rings is 4. The predicted molar refractivity (Wildman–Crippen MR) is 222 cm³/mol. The molecule has 12 heteroatoms. The predicted octanol–water partition coefficient (Wildman–Crippen LogP) is 6.26. The molecule has 0 bridgehead atoms. The highest BCUT2D eigenvalue weighted by atomic mass is 28.3. The van der Waals surface area contributed by atoms with Crippen molar-refractivity contribution in [2.75, 3.05) is 44.1 Å². The molecule has 0 unspecified atom stereocenters. The van der Waals surface area contributed by atoms with Gasteiger partial charge in [-0.2, -0.15) is 0 Å². The van der Waals surface area contributed by atoms with Gasteiger partial charge in [-0.1, -0.05) is 85.9 Å². The number of esters is 1. The van der Waals surface area contributed by atoms with Gasteiger partial charge in [0.25, 0.3) is 11.8 Å². The molecule has 1 fully saturated rings. The number of rotatable bonds is 16. The van der Waals surface area contributed by atoms with Gasteiger partial charge in [0.2, 0.25) is 5.91 Å². The number of anilines is 2. The van der Waals surface area contributed by atoms with Gasteiger partial charge in [-0.3, -0.25) is 19.2 Å². The van der Waals surface area contributed by atoms with Gasteiger partial charge in [0.05, 0.1) is 47.1 Å². The first-order chi connectivity index (χ1) is 27.4. The van der Waals surface area contributed by atoms with Crippen molar-refractivity contribution in [3.05, 3.63) is 120 Å². The molecule has 4 aromatic rings. The Morgan fingerprint density at radius 1 is 0.930 bits per heavy atom. The van der Waals surface area contributed by atoms with E-state index in [1.54, 1.807) is 47.2 Å². The second-order valence-electron chi connectivity index (χ2n) is 15.4. The van der Waals surface area contributed by atoms with Crippen LogP contribution in [0.3, 0.4) is 0 Å². The minimum atomic E-state index is -2.59. The lowest BCUT2D eigenvalue weighted by Gasteiger charge is -2.37. The molecule has 0 aromatic heterocycles. The number of methoxy groups -OCH3 is 2. The van der Waals surface area contributed by atoms with Gasteiger partial charge in [-0.15, -0.1) is 0 Å². The average molecular weight is 792 g/mol. The summed E-state index contributed by atoms with van der Waals surface area (Å²) in [6.07, 6.45) is 0.647. The molecule has 0 saturated carbocycles. The van der Waals surface area contributed by atoms with Crippen molar-refractivity contribution in [3.8, 4) is 5.75 Å². The smallest absolute Gasteiger partial charge is 0.305 e. The molecule has 11 nitrogen and oxygen atoms in total. The first-order valence-corrected chi connectivity index (χ1v) is 22.7. The lowest BCUT2D eigenvalue weighted by molar-refractivity contribution is -0.149. The average Bonchev–Trinajstić information content (AvgIpc) is 3.65. The molecule has 1 saturated heterocycles. The summed E-state index contributed by atoms with van der Waals surface area (Å²) in [6.45, 7) is 7.18.